The Morgan fingerprint density at radius 1 is 1.53 bits per heavy atom. The van der Waals surface area contributed by atoms with Crippen molar-refractivity contribution >= 4 is 11.5 Å². The molecule has 0 bridgehead atoms. The van der Waals surface area contributed by atoms with E-state index in [-0.39, 0.29) is 11.9 Å². The third-order valence-corrected chi connectivity index (χ3v) is 3.87. The maximum atomic E-state index is 9.63. The lowest BCUT2D eigenvalue weighted by atomic mass is 10.0. The van der Waals surface area contributed by atoms with Crippen molar-refractivity contribution in [3.63, 3.8) is 0 Å². The summed E-state index contributed by atoms with van der Waals surface area (Å²) in [6.07, 6.45) is 0.751. The summed E-state index contributed by atoms with van der Waals surface area (Å²) in [7, 11) is 0. The van der Waals surface area contributed by atoms with Gasteiger partial charge in [-0.3, -0.25) is 0 Å². The zero-order valence-electron chi connectivity index (χ0n) is 11.4. The molecule has 19 heavy (non-hydrogen) atoms. The van der Waals surface area contributed by atoms with Crippen LogP contribution in [0, 0.1) is 12.8 Å². The third-order valence-electron chi connectivity index (χ3n) is 3.87. The van der Waals surface area contributed by atoms with E-state index in [4.69, 9.17) is 10.9 Å². The van der Waals surface area contributed by atoms with Crippen LogP contribution in [0.15, 0.2) is 23.4 Å². The lowest BCUT2D eigenvalue weighted by molar-refractivity contribution is 0.136. The fraction of sp³-hybridized carbons (Fsp3) is 0.500. The Hall–Kier alpha value is -1.75. The van der Waals surface area contributed by atoms with Gasteiger partial charge in [0.1, 0.15) is 0 Å². The molecule has 1 saturated heterocycles. The number of nitrogens with zero attached hydrogens (tertiary/aromatic N) is 2. The van der Waals surface area contributed by atoms with E-state index in [1.165, 1.54) is 0 Å². The summed E-state index contributed by atoms with van der Waals surface area (Å²) in [5, 5.41) is 21.4. The minimum atomic E-state index is -0.262. The highest BCUT2D eigenvalue weighted by atomic mass is 16.4. The van der Waals surface area contributed by atoms with E-state index in [1.807, 2.05) is 32.0 Å². The predicted molar refractivity (Wildman–Crippen MR) is 75.7 cm³/mol. The normalized spacial score (nSPS) is 21.7. The Balaban J connectivity index is 2.17. The molecule has 0 amide bonds. The number of anilines is 1. The zero-order valence-corrected chi connectivity index (χ0v) is 11.4. The molecular weight excluding hydrogens is 242 g/mol. The van der Waals surface area contributed by atoms with Crippen molar-refractivity contribution in [3.05, 3.63) is 29.3 Å². The van der Waals surface area contributed by atoms with Crippen LogP contribution in [-0.4, -0.2) is 35.3 Å². The van der Waals surface area contributed by atoms with Gasteiger partial charge in [-0.05, 0) is 44.0 Å². The summed E-state index contributed by atoms with van der Waals surface area (Å²) < 4.78 is 0. The lowest BCUT2D eigenvalue weighted by Gasteiger charge is -2.21. The van der Waals surface area contributed by atoms with Crippen molar-refractivity contribution in [2.45, 2.75) is 26.4 Å². The van der Waals surface area contributed by atoms with Crippen LogP contribution in [-0.2, 0) is 0 Å². The van der Waals surface area contributed by atoms with Crippen LogP contribution < -0.4 is 10.6 Å². The fourth-order valence-corrected chi connectivity index (χ4v) is 2.60. The molecule has 0 aromatic heterocycles. The van der Waals surface area contributed by atoms with Gasteiger partial charge in [-0.2, -0.15) is 0 Å². The van der Waals surface area contributed by atoms with Gasteiger partial charge in [-0.1, -0.05) is 5.16 Å². The summed E-state index contributed by atoms with van der Waals surface area (Å²) in [5.74, 6) is 0.469. The third kappa shape index (κ3) is 2.81. The van der Waals surface area contributed by atoms with E-state index in [2.05, 4.69) is 10.1 Å². The Kier molecular flexibility index (Phi) is 3.95. The number of benzene rings is 1. The number of oxime groups is 1. The number of hydrogen-bond acceptors (Lipinski definition) is 4. The molecule has 2 unspecified atom stereocenters. The van der Waals surface area contributed by atoms with Crippen molar-refractivity contribution in [1.29, 1.82) is 0 Å². The lowest BCUT2D eigenvalue weighted by Crippen LogP contribution is -2.24. The molecule has 1 aromatic rings. The quantitative estimate of drug-likeness (QED) is 0.332. The number of hydrogen-bond donors (Lipinski definition) is 3. The number of aryl methyl sites for hydroxylation is 1. The molecule has 1 aliphatic rings. The summed E-state index contributed by atoms with van der Waals surface area (Å²) >= 11 is 0. The van der Waals surface area contributed by atoms with Gasteiger partial charge in [-0.15, -0.1) is 0 Å². The highest BCUT2D eigenvalue weighted by Crippen LogP contribution is 2.27. The topological polar surface area (TPSA) is 82.1 Å². The van der Waals surface area contributed by atoms with E-state index >= 15 is 0 Å². The minimum Gasteiger partial charge on any atom is -0.409 e. The molecule has 1 fully saturated rings. The van der Waals surface area contributed by atoms with Crippen molar-refractivity contribution in [1.82, 2.24) is 0 Å². The summed E-state index contributed by atoms with van der Waals surface area (Å²) in [6, 6.07) is 5.89. The second-order valence-electron chi connectivity index (χ2n) is 5.22. The van der Waals surface area contributed by atoms with Crippen LogP contribution in [0.1, 0.15) is 24.5 Å². The van der Waals surface area contributed by atoms with Crippen LogP contribution in [0.25, 0.3) is 0 Å². The van der Waals surface area contributed by atoms with Gasteiger partial charge in [0.25, 0.3) is 0 Å². The molecule has 4 N–H and O–H groups in total. The number of amidine groups is 1. The summed E-state index contributed by atoms with van der Waals surface area (Å²) in [5.41, 5.74) is 8.46. The fourth-order valence-electron chi connectivity index (χ4n) is 2.60. The second kappa shape index (κ2) is 5.48. The van der Waals surface area contributed by atoms with Gasteiger partial charge in [0.05, 0.1) is 6.10 Å². The Labute approximate surface area is 113 Å². The van der Waals surface area contributed by atoms with Crippen molar-refractivity contribution in [2.24, 2.45) is 16.8 Å². The standard InChI is InChI=1S/C14H21N3O2/c1-9-7-12(3-4-13(9)14(15)16-19)17-6-5-11(8-17)10(2)18/h3-4,7,10-11,18-19H,5-6,8H2,1-2H3,(H2,15,16). The molecule has 2 atom stereocenters. The Morgan fingerprint density at radius 3 is 2.79 bits per heavy atom. The zero-order chi connectivity index (χ0) is 14.0. The predicted octanol–water partition coefficient (Wildman–Crippen LogP) is 1.30. The first-order chi connectivity index (χ1) is 9.02. The molecule has 1 aliphatic heterocycles. The van der Waals surface area contributed by atoms with Crippen molar-refractivity contribution in [2.75, 3.05) is 18.0 Å². The van der Waals surface area contributed by atoms with Crippen LogP contribution in [0.4, 0.5) is 5.69 Å². The smallest absolute Gasteiger partial charge is 0.170 e. The molecule has 0 saturated carbocycles. The monoisotopic (exact) mass is 263 g/mol. The summed E-state index contributed by atoms with van der Waals surface area (Å²) in [6.45, 7) is 5.62. The SMILES string of the molecule is Cc1cc(N2CCC(C(C)O)C2)ccc1/C(N)=N/O. The van der Waals surface area contributed by atoms with Gasteiger partial charge in [0.2, 0.25) is 0 Å². The maximum Gasteiger partial charge on any atom is 0.170 e. The van der Waals surface area contributed by atoms with Crippen LogP contribution in [0.2, 0.25) is 0 Å². The van der Waals surface area contributed by atoms with Gasteiger partial charge in [-0.25, -0.2) is 0 Å². The molecule has 0 aliphatic carbocycles. The number of aliphatic hydroxyl groups is 1. The van der Waals surface area contributed by atoms with Crippen LogP contribution >= 0.6 is 0 Å². The second-order valence-corrected chi connectivity index (χ2v) is 5.22. The molecule has 0 spiro atoms. The van der Waals surface area contributed by atoms with E-state index in [1.54, 1.807) is 0 Å². The number of aliphatic hydroxyl groups excluding tert-OH is 1. The molecule has 1 heterocycles. The highest BCUT2D eigenvalue weighted by molar-refractivity contribution is 5.98. The average Bonchev–Trinajstić information content (AvgIpc) is 2.87. The van der Waals surface area contributed by atoms with E-state index < -0.39 is 0 Å². The van der Waals surface area contributed by atoms with E-state index in [0.29, 0.717) is 5.92 Å². The first-order valence-corrected chi connectivity index (χ1v) is 6.54. The molecule has 5 nitrogen and oxygen atoms in total. The summed E-state index contributed by atoms with van der Waals surface area (Å²) in [4.78, 5) is 2.26. The molecule has 5 heteroatoms. The molecule has 1 aromatic carbocycles. The van der Waals surface area contributed by atoms with Crippen molar-refractivity contribution < 1.29 is 10.3 Å². The Bertz CT molecular complexity index is 486. The molecular formula is C14H21N3O2. The first-order valence-electron chi connectivity index (χ1n) is 6.54. The van der Waals surface area contributed by atoms with Gasteiger partial charge >= 0.3 is 0 Å². The number of rotatable bonds is 3. The Morgan fingerprint density at radius 2 is 2.26 bits per heavy atom. The molecule has 0 radical (unpaired) electrons. The van der Waals surface area contributed by atoms with Gasteiger partial charge in [0.15, 0.2) is 5.84 Å². The maximum absolute atomic E-state index is 9.63. The van der Waals surface area contributed by atoms with E-state index in [9.17, 15) is 5.11 Å². The van der Waals surface area contributed by atoms with Gasteiger partial charge in [0, 0.05) is 30.3 Å². The van der Waals surface area contributed by atoms with Crippen molar-refractivity contribution in [3.8, 4) is 0 Å². The van der Waals surface area contributed by atoms with Gasteiger partial charge < -0.3 is 20.9 Å². The molecule has 104 valence electrons. The average molecular weight is 263 g/mol. The largest absolute Gasteiger partial charge is 0.409 e. The van der Waals surface area contributed by atoms with Crippen LogP contribution in [0.3, 0.4) is 0 Å². The molecule has 2 rings (SSSR count). The first kappa shape index (κ1) is 13.7. The van der Waals surface area contributed by atoms with Crippen LogP contribution in [0.5, 0.6) is 0 Å². The minimum absolute atomic E-state index is 0.132. The number of nitrogens with two attached hydrogens (primary N) is 1. The highest BCUT2D eigenvalue weighted by Gasteiger charge is 2.26. The van der Waals surface area contributed by atoms with E-state index in [0.717, 1.165) is 36.3 Å².